The fourth-order valence-corrected chi connectivity index (χ4v) is 3.31. The van der Waals surface area contributed by atoms with E-state index in [4.69, 9.17) is 0 Å². The number of aliphatic hydroxyl groups excluding tert-OH is 1. The highest BCUT2D eigenvalue weighted by Gasteiger charge is 2.26. The van der Waals surface area contributed by atoms with Crippen LogP contribution in [0.1, 0.15) is 45.4 Å². The van der Waals surface area contributed by atoms with Gasteiger partial charge in [-0.15, -0.1) is 0 Å². The normalized spacial score (nSPS) is 28.3. The summed E-state index contributed by atoms with van der Waals surface area (Å²) in [5.74, 6) is 0.780. The van der Waals surface area contributed by atoms with Gasteiger partial charge in [-0.2, -0.15) is 0 Å². The van der Waals surface area contributed by atoms with Crippen molar-refractivity contribution in [3.05, 3.63) is 0 Å². The maximum Gasteiger partial charge on any atom is 0.0695 e. The Balaban J connectivity index is 2.25. The van der Waals surface area contributed by atoms with Crippen molar-refractivity contribution in [2.75, 3.05) is 18.9 Å². The summed E-state index contributed by atoms with van der Waals surface area (Å²) in [6.07, 6.45) is 7.04. The van der Waals surface area contributed by atoms with Crippen LogP contribution in [0.25, 0.3) is 0 Å². The van der Waals surface area contributed by atoms with E-state index in [9.17, 15) is 5.11 Å². The van der Waals surface area contributed by atoms with Crippen LogP contribution >= 0.6 is 15.9 Å². The van der Waals surface area contributed by atoms with E-state index in [0.717, 1.165) is 24.2 Å². The Bertz CT molecular complexity index is 189. The Hall–Kier alpha value is 0.400. The molecule has 0 aliphatic heterocycles. The van der Waals surface area contributed by atoms with Gasteiger partial charge in [0.15, 0.2) is 0 Å². The van der Waals surface area contributed by atoms with Crippen LogP contribution in [-0.2, 0) is 0 Å². The first-order valence-electron chi connectivity index (χ1n) is 6.59. The molecule has 2 nitrogen and oxygen atoms in total. The number of nitrogens with zero attached hydrogens (tertiary/aromatic N) is 1. The summed E-state index contributed by atoms with van der Waals surface area (Å²) in [5, 5.41) is 11.1. The zero-order chi connectivity index (χ0) is 12.0. The molecule has 1 rings (SSSR count). The molecule has 1 aliphatic carbocycles. The molecule has 0 bridgehead atoms. The number of hydrogen-bond donors (Lipinski definition) is 1. The highest BCUT2D eigenvalue weighted by molar-refractivity contribution is 9.09. The molecule has 0 saturated heterocycles. The van der Waals surface area contributed by atoms with Crippen molar-refractivity contribution >= 4 is 15.9 Å². The lowest BCUT2D eigenvalue weighted by atomic mass is 9.91. The molecule has 0 amide bonds. The largest absolute Gasteiger partial charge is 0.391 e. The van der Waals surface area contributed by atoms with Crippen LogP contribution in [-0.4, -0.2) is 41.1 Å². The molecular formula is C13H26BrNO. The van der Waals surface area contributed by atoms with E-state index in [-0.39, 0.29) is 6.10 Å². The molecule has 0 spiro atoms. The van der Waals surface area contributed by atoms with Gasteiger partial charge in [-0.05, 0) is 45.2 Å². The summed E-state index contributed by atoms with van der Waals surface area (Å²) in [4.78, 5) is 2.37. The summed E-state index contributed by atoms with van der Waals surface area (Å²) in [5.41, 5.74) is 0. The van der Waals surface area contributed by atoms with Crippen molar-refractivity contribution in [1.29, 1.82) is 0 Å². The van der Waals surface area contributed by atoms with Crippen LogP contribution in [0, 0.1) is 5.92 Å². The minimum atomic E-state index is -0.0924. The first-order valence-corrected chi connectivity index (χ1v) is 7.71. The minimum Gasteiger partial charge on any atom is -0.391 e. The lowest BCUT2D eigenvalue weighted by Gasteiger charge is -2.35. The van der Waals surface area contributed by atoms with Crippen molar-refractivity contribution in [2.24, 2.45) is 5.92 Å². The maximum absolute atomic E-state index is 9.96. The van der Waals surface area contributed by atoms with Crippen LogP contribution in [0.4, 0.5) is 0 Å². The number of aliphatic hydroxyl groups is 1. The van der Waals surface area contributed by atoms with Crippen LogP contribution < -0.4 is 0 Å². The molecule has 1 N–H and O–H groups in total. The minimum absolute atomic E-state index is 0.0924. The maximum atomic E-state index is 9.96. The number of rotatable bonds is 6. The van der Waals surface area contributed by atoms with Gasteiger partial charge >= 0.3 is 0 Å². The Labute approximate surface area is 109 Å². The molecule has 3 heteroatoms. The van der Waals surface area contributed by atoms with Gasteiger partial charge in [0.25, 0.3) is 0 Å². The monoisotopic (exact) mass is 291 g/mol. The summed E-state index contributed by atoms with van der Waals surface area (Å²) in [6.45, 7) is 3.43. The predicted octanol–water partition coefficient (Wildman–Crippen LogP) is 3.03. The van der Waals surface area contributed by atoms with Crippen molar-refractivity contribution < 1.29 is 5.11 Å². The average Bonchev–Trinajstić information content (AvgIpc) is 2.27. The van der Waals surface area contributed by atoms with Gasteiger partial charge in [-0.1, -0.05) is 35.7 Å². The van der Waals surface area contributed by atoms with E-state index in [0.29, 0.717) is 6.04 Å². The quantitative estimate of drug-likeness (QED) is 0.761. The second-order valence-corrected chi connectivity index (χ2v) is 6.06. The van der Waals surface area contributed by atoms with E-state index < -0.39 is 0 Å². The van der Waals surface area contributed by atoms with E-state index in [1.54, 1.807) is 0 Å². The van der Waals surface area contributed by atoms with Crippen molar-refractivity contribution in [2.45, 2.75) is 57.6 Å². The lowest BCUT2D eigenvalue weighted by molar-refractivity contribution is 0.0302. The van der Waals surface area contributed by atoms with Gasteiger partial charge in [0.2, 0.25) is 0 Å². The third kappa shape index (κ3) is 4.72. The molecule has 0 aromatic rings. The van der Waals surface area contributed by atoms with Crippen LogP contribution in [0.5, 0.6) is 0 Å². The summed E-state index contributed by atoms with van der Waals surface area (Å²) >= 11 is 3.49. The SMILES string of the molecule is CC(CCBr)CCN(C)C1CCCCC1O. The highest BCUT2D eigenvalue weighted by atomic mass is 79.9. The zero-order valence-corrected chi connectivity index (χ0v) is 12.2. The summed E-state index contributed by atoms with van der Waals surface area (Å²) < 4.78 is 0. The second kappa shape index (κ2) is 7.67. The van der Waals surface area contributed by atoms with Gasteiger partial charge < -0.3 is 10.0 Å². The molecule has 3 unspecified atom stereocenters. The topological polar surface area (TPSA) is 23.5 Å². The molecule has 0 aromatic heterocycles. The first kappa shape index (κ1) is 14.5. The smallest absolute Gasteiger partial charge is 0.0695 e. The highest BCUT2D eigenvalue weighted by Crippen LogP contribution is 2.23. The first-order chi connectivity index (χ1) is 7.65. The van der Waals surface area contributed by atoms with Crippen LogP contribution in [0.2, 0.25) is 0 Å². The number of likely N-dealkylation sites (N-methyl/N-ethyl adjacent to an activating group) is 1. The molecule has 16 heavy (non-hydrogen) atoms. The van der Waals surface area contributed by atoms with Gasteiger partial charge in [0.05, 0.1) is 6.10 Å². The molecular weight excluding hydrogens is 266 g/mol. The molecule has 1 saturated carbocycles. The number of halogens is 1. The van der Waals surface area contributed by atoms with Crippen LogP contribution in [0.3, 0.4) is 0 Å². The zero-order valence-electron chi connectivity index (χ0n) is 10.7. The number of alkyl halides is 1. The fraction of sp³-hybridized carbons (Fsp3) is 1.00. The Morgan fingerprint density at radius 1 is 1.31 bits per heavy atom. The van der Waals surface area contributed by atoms with E-state index >= 15 is 0 Å². The van der Waals surface area contributed by atoms with E-state index in [2.05, 4.69) is 34.8 Å². The molecule has 96 valence electrons. The molecule has 1 aliphatic rings. The Morgan fingerprint density at radius 2 is 2.00 bits per heavy atom. The average molecular weight is 292 g/mol. The molecule has 1 fully saturated rings. The van der Waals surface area contributed by atoms with Crippen LogP contribution in [0.15, 0.2) is 0 Å². The van der Waals surface area contributed by atoms with Gasteiger partial charge in [0, 0.05) is 11.4 Å². The third-order valence-electron chi connectivity index (χ3n) is 3.84. The van der Waals surface area contributed by atoms with Gasteiger partial charge in [-0.3, -0.25) is 0 Å². The fourth-order valence-electron chi connectivity index (χ4n) is 2.53. The van der Waals surface area contributed by atoms with Crippen molar-refractivity contribution in [1.82, 2.24) is 4.90 Å². The van der Waals surface area contributed by atoms with Gasteiger partial charge in [0.1, 0.15) is 0 Å². The second-order valence-electron chi connectivity index (χ2n) is 5.27. The molecule has 0 heterocycles. The van der Waals surface area contributed by atoms with E-state index in [1.165, 1.54) is 32.1 Å². The standard InChI is InChI=1S/C13H26BrNO/c1-11(7-9-14)8-10-15(2)12-5-3-4-6-13(12)16/h11-13,16H,3-10H2,1-2H3. The molecule has 0 radical (unpaired) electrons. The lowest BCUT2D eigenvalue weighted by Crippen LogP contribution is -2.43. The van der Waals surface area contributed by atoms with Crippen molar-refractivity contribution in [3.8, 4) is 0 Å². The van der Waals surface area contributed by atoms with Gasteiger partial charge in [-0.25, -0.2) is 0 Å². The van der Waals surface area contributed by atoms with Crippen molar-refractivity contribution in [3.63, 3.8) is 0 Å². The summed E-state index contributed by atoms with van der Waals surface area (Å²) in [6, 6.07) is 0.407. The predicted molar refractivity (Wildman–Crippen MR) is 73.1 cm³/mol. The Kier molecular flexibility index (Phi) is 6.94. The molecule has 0 aromatic carbocycles. The summed E-state index contributed by atoms with van der Waals surface area (Å²) in [7, 11) is 2.17. The number of hydrogen-bond acceptors (Lipinski definition) is 2. The third-order valence-corrected chi connectivity index (χ3v) is 4.29. The molecule has 3 atom stereocenters. The Morgan fingerprint density at radius 3 is 2.62 bits per heavy atom. The van der Waals surface area contributed by atoms with E-state index in [1.807, 2.05) is 0 Å².